The van der Waals surface area contributed by atoms with Crippen molar-refractivity contribution in [2.45, 2.75) is 68.7 Å². The summed E-state index contributed by atoms with van der Waals surface area (Å²) in [5.74, 6) is 1.85. The third kappa shape index (κ3) is 8.65. The molecule has 2 aliphatic rings. The molecule has 0 unspecified atom stereocenters. The number of alkyl halides is 3. The van der Waals surface area contributed by atoms with Gasteiger partial charge in [-0.05, 0) is 85.2 Å². The van der Waals surface area contributed by atoms with Crippen LogP contribution in [0, 0.1) is 5.82 Å². The highest BCUT2D eigenvalue weighted by atomic mass is 32.2. The first kappa shape index (κ1) is 36.0. The van der Waals surface area contributed by atoms with Crippen molar-refractivity contribution in [3.05, 3.63) is 129 Å². The van der Waals surface area contributed by atoms with E-state index in [0.717, 1.165) is 117 Å². The van der Waals surface area contributed by atoms with Crippen LogP contribution in [-0.2, 0) is 49.0 Å². The molecule has 1 aliphatic carbocycles. The summed E-state index contributed by atoms with van der Waals surface area (Å²) in [5.41, 5.74) is 4.31. The first-order valence-corrected chi connectivity index (χ1v) is 18.7. The molecule has 1 aliphatic heterocycles. The molecule has 0 saturated carbocycles. The van der Waals surface area contributed by atoms with Gasteiger partial charge in [0.2, 0.25) is 0 Å². The van der Waals surface area contributed by atoms with E-state index in [1.165, 1.54) is 36.0 Å². The van der Waals surface area contributed by atoms with Gasteiger partial charge in [-0.15, -0.1) is 10.2 Å². The lowest BCUT2D eigenvalue weighted by atomic mass is 10.0. The summed E-state index contributed by atoms with van der Waals surface area (Å²) in [4.78, 5) is 20.0. The van der Waals surface area contributed by atoms with Crippen LogP contribution in [0.1, 0.15) is 58.9 Å². The normalized spacial score (nSPS) is 14.9. The van der Waals surface area contributed by atoms with Gasteiger partial charge in [0.1, 0.15) is 11.6 Å². The van der Waals surface area contributed by atoms with E-state index < -0.39 is 11.7 Å². The fraction of sp³-hybridized carbons (Fsp3) is 0.385. The molecule has 0 atom stereocenters. The summed E-state index contributed by atoms with van der Waals surface area (Å²) in [6.45, 7) is 5.31. The monoisotopic (exact) mass is 732 g/mol. The SMILES string of the molecule is O=c1nc(SCc2ccc(F)cc2)n(Cc2nnc(CCCCN3CCOCC3)n2Cc2ccc(-c3ccc(C(F)(F)F)cc3)cc2)c2c1CCC2. The summed E-state index contributed by atoms with van der Waals surface area (Å²) in [6, 6.07) is 19.4. The topological polar surface area (TPSA) is 78.1 Å². The lowest BCUT2D eigenvalue weighted by Gasteiger charge is -2.26. The predicted molar refractivity (Wildman–Crippen MR) is 192 cm³/mol. The second kappa shape index (κ2) is 16.1. The third-order valence-corrected chi connectivity index (χ3v) is 10.8. The highest BCUT2D eigenvalue weighted by Gasteiger charge is 2.30. The number of morpholine rings is 1. The zero-order valence-electron chi connectivity index (χ0n) is 28.7. The van der Waals surface area contributed by atoms with E-state index in [2.05, 4.69) is 24.1 Å². The molecule has 0 bridgehead atoms. The van der Waals surface area contributed by atoms with Gasteiger partial charge in [-0.25, -0.2) is 4.39 Å². The molecule has 3 heterocycles. The Morgan fingerprint density at radius 3 is 2.15 bits per heavy atom. The smallest absolute Gasteiger partial charge is 0.379 e. The average molecular weight is 733 g/mol. The molecule has 13 heteroatoms. The van der Waals surface area contributed by atoms with Crippen LogP contribution in [0.15, 0.2) is 82.7 Å². The maximum absolute atomic E-state index is 13.6. The lowest BCUT2D eigenvalue weighted by Crippen LogP contribution is -2.36. The standard InChI is InChI=1S/C39H40F4N6O2S/c40-32-17-9-28(10-18-32)26-52-38-44-37(50)33-4-3-5-34(33)48(38)25-36-46-45-35(6-1-2-19-47-20-22-51-23-21-47)49(36)24-27-7-11-29(12-8-27)30-13-15-31(16-14-30)39(41,42)43/h7-18H,1-6,19-26H2. The van der Waals surface area contributed by atoms with Gasteiger partial charge >= 0.3 is 6.18 Å². The fourth-order valence-corrected chi connectivity index (χ4v) is 7.83. The first-order chi connectivity index (χ1) is 25.2. The molecule has 0 radical (unpaired) electrons. The van der Waals surface area contributed by atoms with Crippen molar-refractivity contribution in [2.75, 3.05) is 32.8 Å². The third-order valence-electron chi connectivity index (χ3n) is 9.75. The number of hydrogen-bond donors (Lipinski definition) is 0. The Balaban J connectivity index is 1.15. The van der Waals surface area contributed by atoms with Crippen LogP contribution in [-0.4, -0.2) is 62.1 Å². The molecule has 52 heavy (non-hydrogen) atoms. The Morgan fingerprint density at radius 2 is 1.44 bits per heavy atom. The molecule has 0 N–H and O–H groups in total. The van der Waals surface area contributed by atoms with Gasteiger partial charge in [-0.3, -0.25) is 9.69 Å². The van der Waals surface area contributed by atoms with E-state index in [4.69, 9.17) is 9.84 Å². The maximum atomic E-state index is 13.6. The Morgan fingerprint density at radius 1 is 0.769 bits per heavy atom. The largest absolute Gasteiger partial charge is 0.416 e. The highest BCUT2D eigenvalue weighted by molar-refractivity contribution is 7.98. The minimum Gasteiger partial charge on any atom is -0.379 e. The van der Waals surface area contributed by atoms with Gasteiger partial charge in [0.15, 0.2) is 11.0 Å². The number of unbranched alkanes of at least 4 members (excludes halogenated alkanes) is 1. The Kier molecular flexibility index (Phi) is 11.2. The van der Waals surface area contributed by atoms with Crippen LogP contribution in [0.25, 0.3) is 11.1 Å². The van der Waals surface area contributed by atoms with Crippen molar-refractivity contribution >= 4 is 11.8 Å². The van der Waals surface area contributed by atoms with E-state index in [9.17, 15) is 22.4 Å². The van der Waals surface area contributed by atoms with Crippen LogP contribution in [0.4, 0.5) is 17.6 Å². The van der Waals surface area contributed by atoms with Crippen LogP contribution in [0.5, 0.6) is 0 Å². The van der Waals surface area contributed by atoms with Crippen LogP contribution < -0.4 is 5.56 Å². The van der Waals surface area contributed by atoms with Gasteiger partial charge < -0.3 is 13.9 Å². The Bertz CT molecular complexity index is 2020. The molecule has 0 spiro atoms. The van der Waals surface area contributed by atoms with Gasteiger partial charge in [0.05, 0.1) is 31.9 Å². The van der Waals surface area contributed by atoms with Gasteiger partial charge in [-0.1, -0.05) is 60.3 Å². The minimum absolute atomic E-state index is 0.194. The molecule has 5 aromatic rings. The van der Waals surface area contributed by atoms with Gasteiger partial charge in [0, 0.05) is 36.5 Å². The zero-order chi connectivity index (χ0) is 36.1. The number of aromatic nitrogens is 5. The first-order valence-electron chi connectivity index (χ1n) is 17.7. The molecule has 7 rings (SSSR count). The number of halogens is 4. The quantitative estimate of drug-likeness (QED) is 0.0549. The number of ether oxygens (including phenoxy) is 1. The number of rotatable bonds is 13. The van der Waals surface area contributed by atoms with E-state index in [0.29, 0.717) is 36.0 Å². The van der Waals surface area contributed by atoms with E-state index in [1.807, 2.05) is 24.3 Å². The van der Waals surface area contributed by atoms with Gasteiger partial charge in [-0.2, -0.15) is 18.2 Å². The van der Waals surface area contributed by atoms with Crippen molar-refractivity contribution in [1.29, 1.82) is 0 Å². The summed E-state index contributed by atoms with van der Waals surface area (Å²) in [6.07, 6.45) is 0.661. The molecular weight excluding hydrogens is 693 g/mol. The number of aryl methyl sites for hydroxylation is 1. The molecule has 3 aromatic carbocycles. The van der Waals surface area contributed by atoms with Crippen LogP contribution in [0.2, 0.25) is 0 Å². The minimum atomic E-state index is -4.38. The van der Waals surface area contributed by atoms with Crippen molar-refractivity contribution in [3.8, 4) is 11.1 Å². The Hall–Kier alpha value is -4.33. The number of nitrogens with zero attached hydrogens (tertiary/aromatic N) is 6. The van der Waals surface area contributed by atoms with E-state index in [-0.39, 0.29) is 11.4 Å². The average Bonchev–Trinajstić information content (AvgIpc) is 3.80. The number of benzene rings is 3. The molecule has 1 saturated heterocycles. The van der Waals surface area contributed by atoms with E-state index >= 15 is 0 Å². The van der Waals surface area contributed by atoms with Crippen molar-refractivity contribution in [1.82, 2.24) is 29.2 Å². The number of hydrogen-bond acceptors (Lipinski definition) is 7. The van der Waals surface area contributed by atoms with Crippen molar-refractivity contribution in [3.63, 3.8) is 0 Å². The van der Waals surface area contributed by atoms with Crippen LogP contribution in [0.3, 0.4) is 0 Å². The molecule has 1 fully saturated rings. The summed E-state index contributed by atoms with van der Waals surface area (Å²) >= 11 is 1.45. The Labute approximate surface area is 303 Å². The molecule has 272 valence electrons. The number of thioether (sulfide) groups is 1. The molecule has 8 nitrogen and oxygen atoms in total. The zero-order valence-corrected chi connectivity index (χ0v) is 29.6. The molecule has 2 aromatic heterocycles. The predicted octanol–water partition coefficient (Wildman–Crippen LogP) is 7.19. The molecule has 0 amide bonds. The second-order valence-electron chi connectivity index (χ2n) is 13.3. The fourth-order valence-electron chi connectivity index (χ4n) is 6.87. The summed E-state index contributed by atoms with van der Waals surface area (Å²) < 4.78 is 62.7. The second-order valence-corrected chi connectivity index (χ2v) is 14.2. The highest BCUT2D eigenvalue weighted by Crippen LogP contribution is 2.32. The summed E-state index contributed by atoms with van der Waals surface area (Å²) in [7, 11) is 0. The maximum Gasteiger partial charge on any atom is 0.416 e. The van der Waals surface area contributed by atoms with Crippen molar-refractivity contribution < 1.29 is 22.3 Å². The van der Waals surface area contributed by atoms with E-state index in [1.54, 1.807) is 12.1 Å². The van der Waals surface area contributed by atoms with Gasteiger partial charge in [0.25, 0.3) is 5.56 Å². The van der Waals surface area contributed by atoms with Crippen LogP contribution >= 0.6 is 11.8 Å². The molecular formula is C39H40F4N6O2S. The lowest BCUT2D eigenvalue weighted by molar-refractivity contribution is -0.137. The summed E-state index contributed by atoms with van der Waals surface area (Å²) in [5, 5.41) is 9.98. The number of fused-ring (bicyclic) bond motifs is 1. The van der Waals surface area contributed by atoms with Crippen molar-refractivity contribution in [2.24, 2.45) is 0 Å².